The van der Waals surface area contributed by atoms with Crippen molar-refractivity contribution in [2.24, 2.45) is 5.73 Å². The first-order valence-corrected chi connectivity index (χ1v) is 7.22. The molecule has 0 aromatic carbocycles. The van der Waals surface area contributed by atoms with E-state index in [9.17, 15) is 9.59 Å². The Balaban J connectivity index is 2.84. The number of carbonyl (C=O) groups excluding carboxylic acids is 2. The van der Waals surface area contributed by atoms with Gasteiger partial charge in [-0.15, -0.1) is 0 Å². The highest BCUT2D eigenvalue weighted by Crippen LogP contribution is 2.18. The molecule has 20 heavy (non-hydrogen) atoms. The summed E-state index contributed by atoms with van der Waals surface area (Å²) in [6.07, 6.45) is 2.66. The summed E-state index contributed by atoms with van der Waals surface area (Å²) >= 11 is 3.29. The van der Waals surface area contributed by atoms with E-state index in [1.165, 1.54) is 0 Å². The van der Waals surface area contributed by atoms with Gasteiger partial charge in [-0.1, -0.05) is 6.92 Å². The molecule has 0 radical (unpaired) electrons. The lowest BCUT2D eigenvalue weighted by atomic mass is 10.2. The number of nitrogens with zero attached hydrogens (tertiary/aromatic N) is 1. The van der Waals surface area contributed by atoms with Crippen LogP contribution in [0.3, 0.4) is 0 Å². The largest absolute Gasteiger partial charge is 0.370 e. The zero-order chi connectivity index (χ0) is 15.1. The van der Waals surface area contributed by atoms with Crippen LogP contribution in [0.15, 0.2) is 16.7 Å². The molecule has 7 heteroatoms. The lowest BCUT2D eigenvalue weighted by Crippen LogP contribution is -2.36. The smallest absolute Gasteiger partial charge is 0.255 e. The average Bonchev–Trinajstić information content (AvgIpc) is 2.36. The molecule has 6 nitrogen and oxygen atoms in total. The maximum absolute atomic E-state index is 12.2. The van der Waals surface area contributed by atoms with Crippen molar-refractivity contribution in [2.45, 2.75) is 32.7 Å². The van der Waals surface area contributed by atoms with Crippen molar-refractivity contribution in [2.75, 3.05) is 11.9 Å². The van der Waals surface area contributed by atoms with Crippen LogP contribution in [0.5, 0.6) is 0 Å². The maximum Gasteiger partial charge on any atom is 0.255 e. The minimum absolute atomic E-state index is 0.102. The molecule has 2 amide bonds. The van der Waals surface area contributed by atoms with Gasteiger partial charge in [-0.2, -0.15) is 0 Å². The minimum Gasteiger partial charge on any atom is -0.370 e. The molecule has 1 atom stereocenters. The predicted molar refractivity (Wildman–Crippen MR) is 81.5 cm³/mol. The summed E-state index contributed by atoms with van der Waals surface area (Å²) < 4.78 is 0.715. The van der Waals surface area contributed by atoms with Crippen molar-refractivity contribution in [3.8, 4) is 0 Å². The third-order valence-corrected chi connectivity index (χ3v) is 2.96. The fourth-order valence-electron chi connectivity index (χ4n) is 1.65. The zero-order valence-electron chi connectivity index (χ0n) is 11.6. The second kappa shape index (κ2) is 7.84. The maximum atomic E-state index is 12.2. The van der Waals surface area contributed by atoms with Gasteiger partial charge < -0.3 is 16.4 Å². The Bertz CT molecular complexity index is 493. The first-order chi connectivity index (χ1) is 9.43. The number of primary amides is 1. The molecule has 0 fully saturated rings. The van der Waals surface area contributed by atoms with Crippen molar-refractivity contribution >= 4 is 33.6 Å². The third-order valence-electron chi connectivity index (χ3n) is 2.53. The van der Waals surface area contributed by atoms with Crippen LogP contribution in [0.2, 0.25) is 0 Å². The monoisotopic (exact) mass is 342 g/mol. The van der Waals surface area contributed by atoms with Crippen LogP contribution in [-0.4, -0.2) is 29.4 Å². The lowest BCUT2D eigenvalue weighted by molar-refractivity contribution is -0.118. The van der Waals surface area contributed by atoms with E-state index in [0.717, 1.165) is 13.0 Å². The van der Waals surface area contributed by atoms with Gasteiger partial charge in [0.25, 0.3) is 5.91 Å². The molecule has 1 heterocycles. The Kier molecular flexibility index (Phi) is 6.44. The predicted octanol–water partition coefficient (Wildman–Crippen LogP) is 1.66. The third kappa shape index (κ3) is 5.16. The number of halogens is 1. The van der Waals surface area contributed by atoms with Gasteiger partial charge in [0.2, 0.25) is 5.91 Å². The van der Waals surface area contributed by atoms with Gasteiger partial charge in [0.05, 0.1) is 5.56 Å². The van der Waals surface area contributed by atoms with Crippen molar-refractivity contribution in [3.63, 3.8) is 0 Å². The molecule has 4 N–H and O–H groups in total. The quantitative estimate of drug-likeness (QED) is 0.701. The van der Waals surface area contributed by atoms with Crippen LogP contribution in [0, 0.1) is 0 Å². The number of hydrogen-bond acceptors (Lipinski definition) is 4. The molecule has 0 aliphatic rings. The fraction of sp³-hybridized carbons (Fsp3) is 0.462. The van der Waals surface area contributed by atoms with Gasteiger partial charge in [0, 0.05) is 29.7 Å². The molecule has 1 unspecified atom stereocenters. The number of nitrogens with two attached hydrogens (primary N) is 1. The normalized spacial score (nSPS) is 11.8. The van der Waals surface area contributed by atoms with Crippen molar-refractivity contribution in [3.05, 3.63) is 22.3 Å². The number of pyridine rings is 1. The number of carbonyl (C=O) groups is 2. The zero-order valence-corrected chi connectivity index (χ0v) is 13.2. The number of nitrogens with one attached hydrogen (secondary N) is 2. The van der Waals surface area contributed by atoms with Gasteiger partial charge in [-0.25, -0.2) is 4.98 Å². The Morgan fingerprint density at radius 1 is 1.50 bits per heavy atom. The Hall–Kier alpha value is -1.63. The molecule has 0 bridgehead atoms. The standard InChI is InChI=1S/C13H19BrN4O2/c1-3-4-16-12-10(6-9(14)7-17-12)13(20)18-8(2)5-11(15)19/h6-8H,3-5H2,1-2H3,(H2,15,19)(H,16,17)(H,18,20). The molecule has 110 valence electrons. The fourth-order valence-corrected chi connectivity index (χ4v) is 1.98. The first-order valence-electron chi connectivity index (χ1n) is 6.42. The van der Waals surface area contributed by atoms with E-state index in [4.69, 9.17) is 5.73 Å². The summed E-state index contributed by atoms with van der Waals surface area (Å²) in [5.41, 5.74) is 5.54. The highest BCUT2D eigenvalue weighted by molar-refractivity contribution is 9.10. The molecule has 0 aliphatic carbocycles. The number of anilines is 1. The number of rotatable bonds is 7. The highest BCUT2D eigenvalue weighted by Gasteiger charge is 2.16. The second-order valence-electron chi connectivity index (χ2n) is 4.52. The first kappa shape index (κ1) is 16.4. The molecular weight excluding hydrogens is 324 g/mol. The molecule has 0 saturated carbocycles. The van der Waals surface area contributed by atoms with Crippen molar-refractivity contribution in [1.29, 1.82) is 0 Å². The molecule has 0 aliphatic heterocycles. The molecule has 1 aromatic rings. The van der Waals surface area contributed by atoms with Gasteiger partial charge >= 0.3 is 0 Å². The van der Waals surface area contributed by atoms with Gasteiger partial charge in [0.15, 0.2) is 0 Å². The van der Waals surface area contributed by atoms with Crippen LogP contribution in [0.4, 0.5) is 5.82 Å². The van der Waals surface area contributed by atoms with Crippen LogP contribution in [0.25, 0.3) is 0 Å². The second-order valence-corrected chi connectivity index (χ2v) is 5.44. The van der Waals surface area contributed by atoms with E-state index in [-0.39, 0.29) is 18.4 Å². The number of hydrogen-bond donors (Lipinski definition) is 3. The molecular formula is C13H19BrN4O2. The summed E-state index contributed by atoms with van der Waals surface area (Å²) in [6.45, 7) is 4.49. The summed E-state index contributed by atoms with van der Waals surface area (Å²) in [4.78, 5) is 27.2. The summed E-state index contributed by atoms with van der Waals surface area (Å²) in [6, 6.07) is 1.37. The van der Waals surface area contributed by atoms with Crippen LogP contribution in [0.1, 0.15) is 37.0 Å². The van der Waals surface area contributed by atoms with E-state index < -0.39 is 5.91 Å². The van der Waals surface area contributed by atoms with Crippen molar-refractivity contribution in [1.82, 2.24) is 10.3 Å². The SMILES string of the molecule is CCCNc1ncc(Br)cc1C(=O)NC(C)CC(N)=O. The van der Waals surface area contributed by atoms with E-state index >= 15 is 0 Å². The average molecular weight is 343 g/mol. The van der Waals surface area contributed by atoms with E-state index in [0.29, 0.717) is 15.9 Å². The van der Waals surface area contributed by atoms with E-state index in [1.54, 1.807) is 19.2 Å². The molecule has 0 spiro atoms. The van der Waals surface area contributed by atoms with Crippen LogP contribution < -0.4 is 16.4 Å². The Morgan fingerprint density at radius 2 is 2.20 bits per heavy atom. The van der Waals surface area contributed by atoms with Gasteiger partial charge in [0.1, 0.15) is 5.82 Å². The van der Waals surface area contributed by atoms with Crippen LogP contribution in [-0.2, 0) is 4.79 Å². The van der Waals surface area contributed by atoms with Crippen LogP contribution >= 0.6 is 15.9 Å². The number of aromatic nitrogens is 1. The Labute approximate surface area is 126 Å². The summed E-state index contributed by atoms with van der Waals surface area (Å²) in [5, 5.41) is 5.83. The van der Waals surface area contributed by atoms with E-state index in [1.807, 2.05) is 6.92 Å². The highest BCUT2D eigenvalue weighted by atomic mass is 79.9. The topological polar surface area (TPSA) is 97.1 Å². The molecule has 0 saturated heterocycles. The summed E-state index contributed by atoms with van der Waals surface area (Å²) in [7, 11) is 0. The minimum atomic E-state index is -0.450. The summed E-state index contributed by atoms with van der Waals surface area (Å²) in [5.74, 6) is -0.209. The van der Waals surface area contributed by atoms with Gasteiger partial charge in [-0.05, 0) is 35.3 Å². The number of amides is 2. The van der Waals surface area contributed by atoms with Crippen molar-refractivity contribution < 1.29 is 9.59 Å². The Morgan fingerprint density at radius 3 is 2.80 bits per heavy atom. The lowest BCUT2D eigenvalue weighted by Gasteiger charge is -2.14. The molecule has 1 aromatic heterocycles. The van der Waals surface area contributed by atoms with E-state index in [2.05, 4.69) is 31.5 Å². The molecule has 1 rings (SSSR count). The van der Waals surface area contributed by atoms with Gasteiger partial charge in [-0.3, -0.25) is 9.59 Å².